The van der Waals surface area contributed by atoms with Crippen molar-refractivity contribution >= 4 is 52.5 Å². The van der Waals surface area contributed by atoms with Crippen LogP contribution in [-0.2, 0) is 9.59 Å². The van der Waals surface area contributed by atoms with Gasteiger partial charge in [-0.2, -0.15) is 0 Å². The molecule has 2 amide bonds. The highest BCUT2D eigenvalue weighted by Crippen LogP contribution is 2.26. The van der Waals surface area contributed by atoms with Gasteiger partial charge in [0.25, 0.3) is 0 Å². The Bertz CT molecular complexity index is 850. The molecule has 0 aromatic heterocycles. The van der Waals surface area contributed by atoms with E-state index in [1.54, 1.807) is 18.2 Å². The summed E-state index contributed by atoms with van der Waals surface area (Å²) >= 11 is 12.0. The van der Waals surface area contributed by atoms with E-state index in [0.29, 0.717) is 21.7 Å². The summed E-state index contributed by atoms with van der Waals surface area (Å²) in [4.78, 5) is 23.0. The monoisotopic (exact) mass is 384 g/mol. The highest BCUT2D eigenvalue weighted by molar-refractivity contribution is 6.37. The van der Waals surface area contributed by atoms with Crippen molar-refractivity contribution in [1.82, 2.24) is 0 Å². The van der Waals surface area contributed by atoms with Crippen molar-refractivity contribution in [2.75, 3.05) is 10.6 Å². The molecule has 0 unspecified atom stereocenters. The number of nitrogens with one attached hydrogen (secondary N) is 2. The molecular weight excluding hydrogens is 373 g/mol. The van der Waals surface area contributed by atoms with Gasteiger partial charge in [-0.15, -0.1) is 0 Å². The smallest absolute Gasteiger partial charge is 0.248 e. The van der Waals surface area contributed by atoms with Gasteiger partial charge in [-0.05, 0) is 24.3 Å². The molecule has 0 aliphatic rings. The lowest BCUT2D eigenvalue weighted by atomic mass is 10.2. The molecule has 2 aromatic carbocycles. The molecule has 2 aromatic rings. The lowest BCUT2D eigenvalue weighted by molar-refractivity contribution is -0.114. The lowest BCUT2D eigenvalue weighted by Crippen LogP contribution is -2.12. The Balaban J connectivity index is 2.20. The van der Waals surface area contributed by atoms with Gasteiger partial charge in [-0.25, -0.2) is 8.78 Å². The summed E-state index contributed by atoms with van der Waals surface area (Å²) in [5.74, 6) is -3.15. The first-order valence-electron chi connectivity index (χ1n) is 6.97. The molecule has 130 valence electrons. The summed E-state index contributed by atoms with van der Waals surface area (Å²) < 4.78 is 27.4. The van der Waals surface area contributed by atoms with Crippen molar-refractivity contribution in [3.8, 4) is 0 Å². The molecular formula is C17H12Cl2F2N2O2. The maximum atomic E-state index is 13.8. The van der Waals surface area contributed by atoms with E-state index in [1.807, 2.05) is 0 Å². The fraction of sp³-hybridized carbons (Fsp3) is 0.0588. The third-order valence-electron chi connectivity index (χ3n) is 3.03. The molecule has 0 saturated carbocycles. The van der Waals surface area contributed by atoms with Crippen molar-refractivity contribution < 1.29 is 18.4 Å². The molecule has 0 spiro atoms. The van der Waals surface area contributed by atoms with Crippen LogP contribution in [0.5, 0.6) is 0 Å². The number of carbonyl (C=O) groups excluding carboxylic acids is 2. The first-order valence-corrected chi connectivity index (χ1v) is 7.73. The van der Waals surface area contributed by atoms with Crippen LogP contribution in [0.2, 0.25) is 10.0 Å². The Morgan fingerprint density at radius 2 is 1.56 bits per heavy atom. The number of anilines is 2. The molecule has 0 radical (unpaired) electrons. The molecule has 0 atom stereocenters. The topological polar surface area (TPSA) is 58.2 Å². The zero-order chi connectivity index (χ0) is 18.6. The highest BCUT2D eigenvalue weighted by Gasteiger charge is 2.12. The number of carbonyl (C=O) groups is 2. The summed E-state index contributed by atoms with van der Waals surface area (Å²) in [7, 11) is 0. The van der Waals surface area contributed by atoms with Crippen molar-refractivity contribution in [1.29, 1.82) is 0 Å². The molecule has 8 heteroatoms. The van der Waals surface area contributed by atoms with Crippen LogP contribution in [0, 0.1) is 11.6 Å². The molecule has 4 nitrogen and oxygen atoms in total. The summed E-state index contributed by atoms with van der Waals surface area (Å²) in [6, 6.07) is 6.41. The van der Waals surface area contributed by atoms with E-state index in [4.69, 9.17) is 23.2 Å². The van der Waals surface area contributed by atoms with Crippen LogP contribution < -0.4 is 10.6 Å². The summed E-state index contributed by atoms with van der Waals surface area (Å²) in [5.41, 5.74) is -0.105. The number of hydrogen-bond acceptors (Lipinski definition) is 2. The zero-order valence-electron chi connectivity index (χ0n) is 12.9. The molecule has 0 aliphatic carbocycles. The fourth-order valence-corrected chi connectivity index (χ4v) is 2.46. The average Bonchev–Trinajstić information content (AvgIpc) is 2.51. The second-order valence-electron chi connectivity index (χ2n) is 4.95. The number of benzene rings is 2. The van der Waals surface area contributed by atoms with Crippen LogP contribution in [0.4, 0.5) is 20.2 Å². The van der Waals surface area contributed by atoms with Crippen molar-refractivity contribution in [2.24, 2.45) is 0 Å². The van der Waals surface area contributed by atoms with Gasteiger partial charge in [0.2, 0.25) is 11.8 Å². The fourth-order valence-electron chi connectivity index (χ4n) is 1.93. The third kappa shape index (κ3) is 5.01. The maximum Gasteiger partial charge on any atom is 0.248 e. The number of amides is 2. The summed E-state index contributed by atoms with van der Waals surface area (Å²) in [6.45, 7) is 1.18. The first-order chi connectivity index (χ1) is 11.8. The zero-order valence-corrected chi connectivity index (χ0v) is 14.4. The molecule has 2 rings (SSSR count). The SMILES string of the molecule is CC(=O)Nc1cc(NC(=O)/C=C/c2c(Cl)cccc2Cl)c(F)cc1F. The highest BCUT2D eigenvalue weighted by atomic mass is 35.5. The van der Waals surface area contributed by atoms with Crippen LogP contribution in [0.15, 0.2) is 36.4 Å². The number of halogens is 4. The Morgan fingerprint density at radius 1 is 1.00 bits per heavy atom. The van der Waals surface area contributed by atoms with Crippen LogP contribution in [0.1, 0.15) is 12.5 Å². The van der Waals surface area contributed by atoms with Gasteiger partial charge >= 0.3 is 0 Å². The lowest BCUT2D eigenvalue weighted by Gasteiger charge is -2.09. The Kier molecular flexibility index (Phi) is 6.12. The summed E-state index contributed by atoms with van der Waals surface area (Å²) in [6.07, 6.45) is 2.48. The van der Waals surface area contributed by atoms with Crippen LogP contribution in [-0.4, -0.2) is 11.8 Å². The van der Waals surface area contributed by atoms with E-state index in [9.17, 15) is 18.4 Å². The second-order valence-corrected chi connectivity index (χ2v) is 5.77. The molecule has 0 heterocycles. The number of hydrogen-bond donors (Lipinski definition) is 2. The average molecular weight is 385 g/mol. The standard InChI is InChI=1S/C17H12Cl2F2N2O2/c1-9(24)22-15-8-16(14(21)7-13(15)20)23-17(25)6-5-10-11(18)3-2-4-12(10)19/h2-8H,1H3,(H,22,24)(H,23,25)/b6-5+. The molecule has 0 fully saturated rings. The third-order valence-corrected chi connectivity index (χ3v) is 3.69. The summed E-state index contributed by atoms with van der Waals surface area (Å²) in [5, 5.41) is 5.15. The van der Waals surface area contributed by atoms with Gasteiger partial charge in [0.1, 0.15) is 11.6 Å². The largest absolute Gasteiger partial charge is 0.324 e. The Morgan fingerprint density at radius 3 is 2.12 bits per heavy atom. The molecule has 2 N–H and O–H groups in total. The van der Waals surface area contributed by atoms with Gasteiger partial charge in [-0.3, -0.25) is 9.59 Å². The molecule has 0 aliphatic heterocycles. The van der Waals surface area contributed by atoms with E-state index in [0.717, 1.165) is 12.1 Å². The van der Waals surface area contributed by atoms with Gasteiger partial charge in [0.05, 0.1) is 11.4 Å². The van der Waals surface area contributed by atoms with Crippen molar-refractivity contribution in [3.05, 3.63) is 63.7 Å². The first kappa shape index (κ1) is 18.9. The minimum absolute atomic E-state index is 0.248. The molecule has 0 bridgehead atoms. The van der Waals surface area contributed by atoms with Gasteiger partial charge in [-0.1, -0.05) is 29.3 Å². The molecule has 25 heavy (non-hydrogen) atoms. The maximum absolute atomic E-state index is 13.8. The predicted molar refractivity (Wildman–Crippen MR) is 94.8 cm³/mol. The van der Waals surface area contributed by atoms with E-state index in [-0.39, 0.29) is 11.4 Å². The van der Waals surface area contributed by atoms with E-state index < -0.39 is 23.4 Å². The van der Waals surface area contributed by atoms with Gasteiger partial charge in [0, 0.05) is 34.7 Å². The number of rotatable bonds is 4. The molecule has 0 saturated heterocycles. The minimum Gasteiger partial charge on any atom is -0.324 e. The van der Waals surface area contributed by atoms with E-state index in [1.165, 1.54) is 13.0 Å². The quantitative estimate of drug-likeness (QED) is 0.737. The van der Waals surface area contributed by atoms with Gasteiger partial charge < -0.3 is 10.6 Å². The van der Waals surface area contributed by atoms with E-state index >= 15 is 0 Å². The minimum atomic E-state index is -0.982. The van der Waals surface area contributed by atoms with Gasteiger partial charge in [0.15, 0.2) is 0 Å². The van der Waals surface area contributed by atoms with E-state index in [2.05, 4.69) is 10.6 Å². The predicted octanol–water partition coefficient (Wildman–Crippen LogP) is 4.88. The van der Waals surface area contributed by atoms with Crippen molar-refractivity contribution in [2.45, 2.75) is 6.92 Å². The van der Waals surface area contributed by atoms with Crippen LogP contribution >= 0.6 is 23.2 Å². The normalized spacial score (nSPS) is 10.8. The van der Waals surface area contributed by atoms with Crippen LogP contribution in [0.3, 0.4) is 0 Å². The second kappa shape index (κ2) is 8.09. The van der Waals surface area contributed by atoms with Crippen LogP contribution in [0.25, 0.3) is 6.08 Å². The Hall–Kier alpha value is -2.44. The Labute approximate surface area is 152 Å². The van der Waals surface area contributed by atoms with Crippen molar-refractivity contribution in [3.63, 3.8) is 0 Å².